The van der Waals surface area contributed by atoms with Crippen LogP contribution in [0.1, 0.15) is 21.8 Å². The molecule has 0 aromatic heterocycles. The molecule has 2 aromatic rings. The van der Waals surface area contributed by atoms with E-state index in [4.69, 9.17) is 16.3 Å². The molecule has 1 aliphatic heterocycles. The van der Waals surface area contributed by atoms with Gasteiger partial charge in [0.1, 0.15) is 5.75 Å². The average molecular weight is 360 g/mol. The summed E-state index contributed by atoms with van der Waals surface area (Å²) < 4.78 is 5.22. The second kappa shape index (κ2) is 7.15. The van der Waals surface area contributed by atoms with E-state index in [0.29, 0.717) is 22.9 Å². The molecule has 1 saturated heterocycles. The van der Waals surface area contributed by atoms with Crippen LogP contribution in [0.25, 0.3) is 0 Å². The minimum Gasteiger partial charge on any atom is -0.497 e. The highest BCUT2D eigenvalue weighted by Crippen LogP contribution is 2.35. The first kappa shape index (κ1) is 17.3. The third kappa shape index (κ3) is 3.61. The Balaban J connectivity index is 1.86. The van der Waals surface area contributed by atoms with Gasteiger partial charge in [-0.25, -0.2) is 0 Å². The Kier molecular flexibility index (Phi) is 4.95. The molecule has 0 bridgehead atoms. The van der Waals surface area contributed by atoms with Gasteiger partial charge in [0.25, 0.3) is 5.91 Å². The van der Waals surface area contributed by atoms with Crippen LogP contribution in [0.5, 0.6) is 5.75 Å². The highest BCUT2D eigenvalue weighted by atomic mass is 35.5. The van der Waals surface area contributed by atoms with Crippen LogP contribution in [0.15, 0.2) is 48.5 Å². The molecule has 0 spiro atoms. The van der Waals surface area contributed by atoms with E-state index in [9.17, 15) is 14.7 Å². The molecule has 5 nitrogen and oxygen atoms in total. The topological polar surface area (TPSA) is 66.8 Å². The lowest BCUT2D eigenvalue weighted by atomic mass is 9.89. The molecule has 0 aliphatic carbocycles. The largest absolute Gasteiger partial charge is 0.497 e. The monoisotopic (exact) mass is 359 g/mol. The highest BCUT2D eigenvalue weighted by Gasteiger charge is 2.40. The van der Waals surface area contributed by atoms with Crippen molar-refractivity contribution in [2.24, 2.45) is 5.92 Å². The van der Waals surface area contributed by atoms with Crippen LogP contribution in [-0.4, -0.2) is 42.1 Å². The molecule has 6 heteroatoms. The van der Waals surface area contributed by atoms with Gasteiger partial charge < -0.3 is 14.7 Å². The quantitative estimate of drug-likeness (QED) is 0.909. The molecule has 1 aliphatic rings. The van der Waals surface area contributed by atoms with E-state index in [-0.39, 0.29) is 18.4 Å². The van der Waals surface area contributed by atoms with Gasteiger partial charge in [0, 0.05) is 29.6 Å². The number of rotatable bonds is 4. The first-order valence-corrected chi connectivity index (χ1v) is 8.29. The van der Waals surface area contributed by atoms with Crippen LogP contribution in [0.4, 0.5) is 0 Å². The van der Waals surface area contributed by atoms with Crippen LogP contribution in [0.3, 0.4) is 0 Å². The van der Waals surface area contributed by atoms with E-state index in [0.717, 1.165) is 5.56 Å². The molecule has 25 heavy (non-hydrogen) atoms. The number of nitrogens with zero attached hydrogens (tertiary/aromatic N) is 1. The normalized spacial score (nSPS) is 19.7. The molecule has 1 heterocycles. The number of carboxylic acids is 1. The van der Waals surface area contributed by atoms with Crippen molar-refractivity contribution in [1.29, 1.82) is 0 Å². The fourth-order valence-corrected chi connectivity index (χ4v) is 3.33. The summed E-state index contributed by atoms with van der Waals surface area (Å²) >= 11 is 5.86. The molecular formula is C19H18ClNO4. The first-order valence-electron chi connectivity index (χ1n) is 7.91. The summed E-state index contributed by atoms with van der Waals surface area (Å²) in [5.41, 5.74) is 1.36. The van der Waals surface area contributed by atoms with E-state index in [1.54, 1.807) is 36.3 Å². The number of carbonyl (C=O) groups is 2. The lowest BCUT2D eigenvalue weighted by Crippen LogP contribution is -2.29. The van der Waals surface area contributed by atoms with Crippen molar-refractivity contribution >= 4 is 23.5 Å². The molecular weight excluding hydrogens is 342 g/mol. The predicted octanol–water partition coefficient (Wildman–Crippen LogP) is 3.29. The zero-order valence-corrected chi connectivity index (χ0v) is 14.4. The molecule has 3 rings (SSSR count). The van der Waals surface area contributed by atoms with E-state index < -0.39 is 11.9 Å². The molecule has 1 amide bonds. The van der Waals surface area contributed by atoms with Crippen molar-refractivity contribution in [3.63, 3.8) is 0 Å². The Morgan fingerprint density at radius 2 is 1.88 bits per heavy atom. The van der Waals surface area contributed by atoms with Gasteiger partial charge in [0.15, 0.2) is 0 Å². The third-order valence-electron chi connectivity index (χ3n) is 4.54. The number of methoxy groups -OCH3 is 1. The lowest BCUT2D eigenvalue weighted by Gasteiger charge is -2.17. The van der Waals surface area contributed by atoms with Crippen molar-refractivity contribution in [3.05, 3.63) is 64.7 Å². The number of amides is 1. The fourth-order valence-electron chi connectivity index (χ4n) is 3.20. The van der Waals surface area contributed by atoms with Crippen LogP contribution in [0, 0.1) is 5.92 Å². The number of hydrogen-bond donors (Lipinski definition) is 1. The summed E-state index contributed by atoms with van der Waals surface area (Å²) in [7, 11) is 1.57. The van der Waals surface area contributed by atoms with Gasteiger partial charge >= 0.3 is 5.97 Å². The average Bonchev–Trinajstić information content (AvgIpc) is 3.07. The molecule has 1 fully saturated rings. The van der Waals surface area contributed by atoms with Gasteiger partial charge in [-0.3, -0.25) is 9.59 Å². The number of benzene rings is 2. The minimum absolute atomic E-state index is 0.179. The van der Waals surface area contributed by atoms with Crippen LogP contribution in [-0.2, 0) is 4.79 Å². The Bertz CT molecular complexity index is 790. The number of carbonyl (C=O) groups excluding carboxylic acids is 1. The molecule has 2 aromatic carbocycles. The summed E-state index contributed by atoms with van der Waals surface area (Å²) in [5.74, 6) is -1.34. The van der Waals surface area contributed by atoms with Crippen molar-refractivity contribution in [2.75, 3.05) is 20.2 Å². The standard InChI is InChI=1S/C19H18ClNO4/c1-25-15-4-2-3-13(9-15)16-10-21(11-17(16)19(23)24)18(22)12-5-7-14(20)8-6-12/h2-9,16-17H,10-11H2,1H3,(H,23,24)/t16-,17+/m0/s1. The van der Waals surface area contributed by atoms with E-state index in [1.807, 2.05) is 24.3 Å². The number of hydrogen-bond acceptors (Lipinski definition) is 3. The molecule has 0 radical (unpaired) electrons. The number of carboxylic acid groups (broad SMARTS) is 1. The van der Waals surface area contributed by atoms with Gasteiger partial charge in [0.05, 0.1) is 13.0 Å². The van der Waals surface area contributed by atoms with E-state index in [2.05, 4.69) is 0 Å². The zero-order chi connectivity index (χ0) is 18.0. The van der Waals surface area contributed by atoms with Gasteiger partial charge in [-0.1, -0.05) is 23.7 Å². The van der Waals surface area contributed by atoms with Crippen molar-refractivity contribution in [3.8, 4) is 5.75 Å². The summed E-state index contributed by atoms with van der Waals surface area (Å²) in [4.78, 5) is 26.0. The number of halogens is 1. The molecule has 2 atom stereocenters. The van der Waals surface area contributed by atoms with Crippen LogP contribution in [0.2, 0.25) is 5.02 Å². The molecule has 0 unspecified atom stereocenters. The molecule has 1 N–H and O–H groups in total. The van der Waals surface area contributed by atoms with Crippen LogP contribution >= 0.6 is 11.6 Å². The van der Waals surface area contributed by atoms with Crippen molar-refractivity contribution < 1.29 is 19.4 Å². The van der Waals surface area contributed by atoms with E-state index >= 15 is 0 Å². The Morgan fingerprint density at radius 1 is 1.16 bits per heavy atom. The summed E-state index contributed by atoms with van der Waals surface area (Å²) in [6.07, 6.45) is 0. The van der Waals surface area contributed by atoms with E-state index in [1.165, 1.54) is 0 Å². The van der Waals surface area contributed by atoms with Crippen molar-refractivity contribution in [1.82, 2.24) is 4.90 Å². The summed E-state index contributed by atoms with van der Waals surface area (Å²) in [6.45, 7) is 0.532. The summed E-state index contributed by atoms with van der Waals surface area (Å²) in [6, 6.07) is 14.0. The number of ether oxygens (including phenoxy) is 1. The Morgan fingerprint density at radius 3 is 2.52 bits per heavy atom. The SMILES string of the molecule is COc1cccc([C@@H]2CN(C(=O)c3ccc(Cl)cc3)C[C@H]2C(=O)O)c1. The molecule has 0 saturated carbocycles. The second-order valence-corrected chi connectivity index (χ2v) is 6.48. The zero-order valence-electron chi connectivity index (χ0n) is 13.7. The van der Waals surface area contributed by atoms with Gasteiger partial charge in [-0.15, -0.1) is 0 Å². The third-order valence-corrected chi connectivity index (χ3v) is 4.79. The maximum Gasteiger partial charge on any atom is 0.308 e. The number of likely N-dealkylation sites (tertiary alicyclic amines) is 1. The Labute approximate surface area is 150 Å². The highest BCUT2D eigenvalue weighted by molar-refractivity contribution is 6.30. The van der Waals surface area contributed by atoms with Crippen molar-refractivity contribution in [2.45, 2.75) is 5.92 Å². The van der Waals surface area contributed by atoms with Crippen LogP contribution < -0.4 is 4.74 Å². The maximum atomic E-state index is 12.7. The smallest absolute Gasteiger partial charge is 0.308 e. The lowest BCUT2D eigenvalue weighted by molar-refractivity contribution is -0.141. The maximum absolute atomic E-state index is 12.7. The minimum atomic E-state index is -0.903. The number of aliphatic carboxylic acids is 1. The Hall–Kier alpha value is -2.53. The second-order valence-electron chi connectivity index (χ2n) is 6.04. The summed E-state index contributed by atoms with van der Waals surface area (Å²) in [5, 5.41) is 10.1. The van der Waals surface area contributed by atoms with Gasteiger partial charge in [-0.05, 0) is 42.0 Å². The first-order chi connectivity index (χ1) is 12.0. The fraction of sp³-hybridized carbons (Fsp3) is 0.263. The predicted molar refractivity (Wildman–Crippen MR) is 94.2 cm³/mol. The van der Waals surface area contributed by atoms with Gasteiger partial charge in [0.2, 0.25) is 0 Å². The van der Waals surface area contributed by atoms with Gasteiger partial charge in [-0.2, -0.15) is 0 Å². The molecule has 130 valence electrons.